The molecule has 4 nitrogen and oxygen atoms in total. The van der Waals surface area contributed by atoms with Gasteiger partial charge in [0.05, 0.1) is 0 Å². The van der Waals surface area contributed by atoms with Crippen molar-refractivity contribution in [3.05, 3.63) is 30.3 Å². The minimum atomic E-state index is 0.472. The number of nitrogens with zero attached hydrogens (tertiary/aromatic N) is 1. The van der Waals surface area contributed by atoms with E-state index in [1.165, 1.54) is 0 Å². The zero-order valence-electron chi connectivity index (χ0n) is 8.33. The largest absolute Gasteiger partial charge is 0.383 e. The molecule has 0 aromatic heterocycles. The molecule has 0 bridgehead atoms. The third-order valence-corrected chi connectivity index (χ3v) is 1.77. The van der Waals surface area contributed by atoms with E-state index < -0.39 is 0 Å². The van der Waals surface area contributed by atoms with Crippen LogP contribution >= 0.6 is 0 Å². The van der Waals surface area contributed by atoms with Crippen LogP contribution in [0.3, 0.4) is 0 Å². The number of aliphatic imine (C=N–C) groups is 1. The van der Waals surface area contributed by atoms with Crippen molar-refractivity contribution in [2.45, 2.75) is 0 Å². The molecule has 1 rings (SSSR count). The smallest absolute Gasteiger partial charge is 0.188 e. The van der Waals surface area contributed by atoms with Gasteiger partial charge < -0.3 is 16.4 Å². The van der Waals surface area contributed by atoms with Gasteiger partial charge >= 0.3 is 0 Å². The van der Waals surface area contributed by atoms with Gasteiger partial charge in [-0.25, -0.2) is 0 Å². The fourth-order valence-corrected chi connectivity index (χ4v) is 1.03. The molecular formula is C10H16N4. The zero-order chi connectivity index (χ0) is 10.2. The molecule has 4 heteroatoms. The Labute approximate surface area is 84.2 Å². The van der Waals surface area contributed by atoms with Crippen molar-refractivity contribution < 1.29 is 0 Å². The SMILES string of the molecule is CN=C(N)NCCNc1ccccc1. The minimum absolute atomic E-state index is 0.472. The van der Waals surface area contributed by atoms with Crippen LogP contribution in [-0.2, 0) is 0 Å². The maximum Gasteiger partial charge on any atom is 0.188 e. The molecule has 0 heterocycles. The Balaban J connectivity index is 2.17. The van der Waals surface area contributed by atoms with Crippen LogP contribution in [0.4, 0.5) is 5.69 Å². The highest BCUT2D eigenvalue weighted by Crippen LogP contribution is 2.03. The average molecular weight is 192 g/mol. The number of nitrogens with two attached hydrogens (primary N) is 1. The number of rotatable bonds is 4. The number of hydrogen-bond donors (Lipinski definition) is 3. The first-order valence-electron chi connectivity index (χ1n) is 4.58. The first kappa shape index (κ1) is 10.4. The van der Waals surface area contributed by atoms with Gasteiger partial charge in [0, 0.05) is 25.8 Å². The average Bonchev–Trinajstić information content (AvgIpc) is 2.25. The molecule has 0 aliphatic rings. The van der Waals surface area contributed by atoms with Crippen LogP contribution in [-0.4, -0.2) is 26.1 Å². The van der Waals surface area contributed by atoms with Gasteiger partial charge in [-0.1, -0.05) is 18.2 Å². The standard InChI is InChI=1S/C10H16N4/c1-12-10(11)14-8-7-13-9-5-3-2-4-6-9/h2-6,13H,7-8H2,1H3,(H3,11,12,14). The summed E-state index contributed by atoms with van der Waals surface area (Å²) in [5.74, 6) is 0.472. The molecule has 0 unspecified atom stereocenters. The van der Waals surface area contributed by atoms with E-state index >= 15 is 0 Å². The molecule has 76 valence electrons. The molecule has 14 heavy (non-hydrogen) atoms. The number of benzene rings is 1. The van der Waals surface area contributed by atoms with Crippen LogP contribution in [0.25, 0.3) is 0 Å². The molecule has 0 aliphatic carbocycles. The first-order chi connectivity index (χ1) is 6.83. The van der Waals surface area contributed by atoms with Gasteiger partial charge in [0.25, 0.3) is 0 Å². The van der Waals surface area contributed by atoms with Crippen molar-refractivity contribution in [2.75, 3.05) is 25.5 Å². The third kappa shape index (κ3) is 3.80. The summed E-state index contributed by atoms with van der Waals surface area (Å²) in [6, 6.07) is 10.0. The maximum absolute atomic E-state index is 5.46. The monoisotopic (exact) mass is 192 g/mol. The fourth-order valence-electron chi connectivity index (χ4n) is 1.03. The van der Waals surface area contributed by atoms with Gasteiger partial charge in [-0.05, 0) is 12.1 Å². The minimum Gasteiger partial charge on any atom is -0.383 e. The van der Waals surface area contributed by atoms with E-state index in [4.69, 9.17) is 5.73 Å². The first-order valence-corrected chi connectivity index (χ1v) is 4.58. The lowest BCUT2D eigenvalue weighted by molar-refractivity contribution is 0.895. The second kappa shape index (κ2) is 5.85. The molecule has 0 spiro atoms. The Morgan fingerprint density at radius 1 is 1.29 bits per heavy atom. The van der Waals surface area contributed by atoms with Gasteiger partial charge in [-0.3, -0.25) is 4.99 Å². The van der Waals surface area contributed by atoms with E-state index in [-0.39, 0.29) is 0 Å². The normalized spacial score (nSPS) is 11.1. The number of guanidine groups is 1. The summed E-state index contributed by atoms with van der Waals surface area (Å²) >= 11 is 0. The highest BCUT2D eigenvalue weighted by atomic mass is 15.1. The number of anilines is 1. The van der Waals surface area contributed by atoms with E-state index in [0.29, 0.717) is 5.96 Å². The number of nitrogens with one attached hydrogen (secondary N) is 2. The highest BCUT2D eigenvalue weighted by molar-refractivity contribution is 5.77. The van der Waals surface area contributed by atoms with Crippen molar-refractivity contribution in [1.82, 2.24) is 5.32 Å². The Morgan fingerprint density at radius 3 is 2.64 bits per heavy atom. The molecule has 1 aromatic carbocycles. The van der Waals surface area contributed by atoms with Crippen molar-refractivity contribution >= 4 is 11.6 Å². The van der Waals surface area contributed by atoms with Crippen LogP contribution in [0.15, 0.2) is 35.3 Å². The second-order valence-corrected chi connectivity index (χ2v) is 2.83. The van der Waals surface area contributed by atoms with Gasteiger partial charge in [0.2, 0.25) is 0 Å². The third-order valence-electron chi connectivity index (χ3n) is 1.77. The molecule has 0 radical (unpaired) electrons. The summed E-state index contributed by atoms with van der Waals surface area (Å²) in [7, 11) is 1.66. The molecule has 0 saturated carbocycles. The van der Waals surface area contributed by atoms with Crippen molar-refractivity contribution in [3.8, 4) is 0 Å². The highest BCUT2D eigenvalue weighted by Gasteiger charge is 1.90. The lowest BCUT2D eigenvalue weighted by atomic mass is 10.3. The Kier molecular flexibility index (Phi) is 4.34. The summed E-state index contributed by atoms with van der Waals surface area (Å²) in [5.41, 5.74) is 6.58. The van der Waals surface area contributed by atoms with Crippen LogP contribution in [0.1, 0.15) is 0 Å². The van der Waals surface area contributed by atoms with Gasteiger partial charge in [0.1, 0.15) is 0 Å². The molecular weight excluding hydrogens is 176 g/mol. The Morgan fingerprint density at radius 2 is 2.00 bits per heavy atom. The van der Waals surface area contributed by atoms with E-state index in [2.05, 4.69) is 15.6 Å². The predicted octanol–water partition coefficient (Wildman–Crippen LogP) is 0.633. The summed E-state index contributed by atoms with van der Waals surface area (Å²) in [6.45, 7) is 1.58. The molecule has 0 atom stereocenters. The molecule has 1 aromatic rings. The van der Waals surface area contributed by atoms with Gasteiger partial charge in [-0.15, -0.1) is 0 Å². The van der Waals surface area contributed by atoms with Gasteiger partial charge in [-0.2, -0.15) is 0 Å². The second-order valence-electron chi connectivity index (χ2n) is 2.83. The fraction of sp³-hybridized carbons (Fsp3) is 0.300. The van der Waals surface area contributed by atoms with Gasteiger partial charge in [0.15, 0.2) is 5.96 Å². The molecule has 0 saturated heterocycles. The molecule has 0 aliphatic heterocycles. The Hall–Kier alpha value is -1.71. The summed E-state index contributed by atoms with van der Waals surface area (Å²) < 4.78 is 0. The molecule has 0 fully saturated rings. The predicted molar refractivity (Wildman–Crippen MR) is 60.5 cm³/mol. The summed E-state index contributed by atoms with van der Waals surface area (Å²) in [5, 5.41) is 6.22. The van der Waals surface area contributed by atoms with E-state index in [1.54, 1.807) is 7.05 Å². The van der Waals surface area contributed by atoms with Crippen molar-refractivity contribution in [2.24, 2.45) is 10.7 Å². The summed E-state index contributed by atoms with van der Waals surface area (Å²) in [6.07, 6.45) is 0. The van der Waals surface area contributed by atoms with E-state index in [0.717, 1.165) is 18.8 Å². The maximum atomic E-state index is 5.46. The van der Waals surface area contributed by atoms with E-state index in [9.17, 15) is 0 Å². The van der Waals surface area contributed by atoms with Crippen LogP contribution < -0.4 is 16.4 Å². The van der Waals surface area contributed by atoms with Crippen LogP contribution in [0, 0.1) is 0 Å². The van der Waals surface area contributed by atoms with Crippen molar-refractivity contribution in [1.29, 1.82) is 0 Å². The Bertz CT molecular complexity index is 281. The van der Waals surface area contributed by atoms with Crippen LogP contribution in [0.2, 0.25) is 0 Å². The summed E-state index contributed by atoms with van der Waals surface area (Å²) in [4.78, 5) is 3.79. The topological polar surface area (TPSA) is 62.4 Å². The van der Waals surface area contributed by atoms with E-state index in [1.807, 2.05) is 30.3 Å². The van der Waals surface area contributed by atoms with Crippen molar-refractivity contribution in [3.63, 3.8) is 0 Å². The zero-order valence-corrected chi connectivity index (χ0v) is 8.33. The quantitative estimate of drug-likeness (QED) is 0.372. The lowest BCUT2D eigenvalue weighted by Gasteiger charge is -2.07. The lowest BCUT2D eigenvalue weighted by Crippen LogP contribution is -2.34. The number of para-hydroxylation sites is 1. The molecule has 0 amide bonds. The number of hydrogen-bond acceptors (Lipinski definition) is 2. The van der Waals surface area contributed by atoms with Crippen LogP contribution in [0.5, 0.6) is 0 Å². The molecule has 4 N–H and O–H groups in total.